The van der Waals surface area contributed by atoms with Crippen LogP contribution >= 0.6 is 23.4 Å². The molecule has 0 spiro atoms. The number of hydrogen-bond donors (Lipinski definition) is 2. The molecule has 2 atom stereocenters. The van der Waals surface area contributed by atoms with Crippen molar-refractivity contribution in [3.05, 3.63) is 64.9 Å². The molecule has 162 valence electrons. The van der Waals surface area contributed by atoms with Crippen LogP contribution in [0.4, 0.5) is 5.69 Å². The van der Waals surface area contributed by atoms with Gasteiger partial charge in [0.15, 0.2) is 5.82 Å². The average molecular weight is 458 g/mol. The van der Waals surface area contributed by atoms with E-state index in [4.69, 9.17) is 16.3 Å². The molecule has 1 amide bonds. The molecule has 4 rings (SSSR count). The summed E-state index contributed by atoms with van der Waals surface area (Å²) in [6.45, 7) is 4.65. The van der Waals surface area contributed by atoms with Gasteiger partial charge in [-0.15, -0.1) is 10.2 Å². The van der Waals surface area contributed by atoms with E-state index in [1.807, 2.05) is 48.0 Å². The SMILES string of the molecule is CCCc1nnc2n1N[C@H](c1ccc(OCC)cc1)[C@@H](C(=O)Nc1cccc(Cl)c1)S2. The van der Waals surface area contributed by atoms with E-state index in [-0.39, 0.29) is 11.9 Å². The van der Waals surface area contributed by atoms with Gasteiger partial charge in [-0.3, -0.25) is 4.79 Å². The maximum atomic E-state index is 13.3. The van der Waals surface area contributed by atoms with Crippen LogP contribution in [0.15, 0.2) is 53.7 Å². The van der Waals surface area contributed by atoms with Crippen LogP contribution in [0.2, 0.25) is 5.02 Å². The van der Waals surface area contributed by atoms with E-state index in [1.165, 1.54) is 11.8 Å². The Balaban J connectivity index is 1.65. The minimum atomic E-state index is -0.455. The lowest BCUT2D eigenvalue weighted by atomic mass is 10.0. The van der Waals surface area contributed by atoms with E-state index in [1.54, 1.807) is 12.1 Å². The molecule has 0 saturated carbocycles. The number of ether oxygens (including phenoxy) is 1. The number of thioether (sulfide) groups is 1. The highest BCUT2D eigenvalue weighted by Crippen LogP contribution is 2.38. The summed E-state index contributed by atoms with van der Waals surface area (Å²) in [6, 6.07) is 14.7. The Morgan fingerprint density at radius 3 is 2.74 bits per heavy atom. The van der Waals surface area contributed by atoms with Crippen molar-refractivity contribution in [3.63, 3.8) is 0 Å². The third-order valence-electron chi connectivity index (χ3n) is 4.88. The smallest absolute Gasteiger partial charge is 0.240 e. The first kappa shape index (κ1) is 21.5. The van der Waals surface area contributed by atoms with Crippen molar-refractivity contribution < 1.29 is 9.53 Å². The molecule has 7 nitrogen and oxygen atoms in total. The highest BCUT2D eigenvalue weighted by molar-refractivity contribution is 8.00. The zero-order valence-corrected chi connectivity index (χ0v) is 18.9. The summed E-state index contributed by atoms with van der Waals surface area (Å²) in [5, 5.41) is 12.4. The number of nitrogens with zero attached hydrogens (tertiary/aromatic N) is 3. The fourth-order valence-electron chi connectivity index (χ4n) is 3.45. The van der Waals surface area contributed by atoms with Gasteiger partial charge < -0.3 is 15.5 Å². The number of anilines is 1. The molecule has 0 unspecified atom stereocenters. The second-order valence-electron chi connectivity index (χ2n) is 7.13. The average Bonchev–Trinajstić information content (AvgIpc) is 3.16. The van der Waals surface area contributed by atoms with Crippen molar-refractivity contribution in [2.75, 3.05) is 17.3 Å². The molecule has 31 heavy (non-hydrogen) atoms. The van der Waals surface area contributed by atoms with E-state index in [2.05, 4.69) is 27.9 Å². The third kappa shape index (κ3) is 4.80. The van der Waals surface area contributed by atoms with E-state index < -0.39 is 5.25 Å². The largest absolute Gasteiger partial charge is 0.494 e. The predicted octanol–water partition coefficient (Wildman–Crippen LogP) is 4.68. The van der Waals surface area contributed by atoms with Gasteiger partial charge in [0.25, 0.3) is 0 Å². The summed E-state index contributed by atoms with van der Waals surface area (Å²) in [7, 11) is 0. The molecule has 9 heteroatoms. The maximum absolute atomic E-state index is 13.3. The minimum absolute atomic E-state index is 0.134. The number of nitrogens with one attached hydrogen (secondary N) is 2. The number of benzene rings is 2. The van der Waals surface area contributed by atoms with Crippen molar-refractivity contribution in [1.29, 1.82) is 0 Å². The summed E-state index contributed by atoms with van der Waals surface area (Å²) in [4.78, 5) is 13.3. The van der Waals surface area contributed by atoms with Crippen LogP contribution in [-0.4, -0.2) is 32.6 Å². The van der Waals surface area contributed by atoms with Gasteiger partial charge in [0.1, 0.15) is 11.0 Å². The number of amides is 1. The standard InChI is InChI=1S/C22H24ClN5O2S/c1-3-6-18-25-26-22-28(18)27-19(14-9-11-17(12-10-14)30-4-2)20(31-22)21(29)24-16-8-5-7-15(23)13-16/h5,7-13,19-20,27H,3-4,6H2,1-2H3,(H,24,29)/t19-,20+/m1/s1. The van der Waals surface area contributed by atoms with Gasteiger partial charge in [0.05, 0.1) is 12.6 Å². The Kier molecular flexibility index (Phi) is 6.67. The first-order valence-corrected chi connectivity index (χ1v) is 11.5. The van der Waals surface area contributed by atoms with Gasteiger partial charge >= 0.3 is 0 Å². The lowest BCUT2D eigenvalue weighted by Gasteiger charge is -2.33. The molecule has 1 aliphatic heterocycles. The highest BCUT2D eigenvalue weighted by Gasteiger charge is 2.37. The summed E-state index contributed by atoms with van der Waals surface area (Å²) in [5.41, 5.74) is 5.10. The summed E-state index contributed by atoms with van der Waals surface area (Å²) >= 11 is 7.48. The Morgan fingerprint density at radius 2 is 2.03 bits per heavy atom. The summed E-state index contributed by atoms with van der Waals surface area (Å²) in [5.74, 6) is 1.52. The van der Waals surface area contributed by atoms with Gasteiger partial charge in [0.2, 0.25) is 11.1 Å². The van der Waals surface area contributed by atoms with E-state index in [9.17, 15) is 4.79 Å². The van der Waals surface area contributed by atoms with E-state index in [0.29, 0.717) is 22.5 Å². The predicted molar refractivity (Wildman–Crippen MR) is 123 cm³/mol. The second kappa shape index (κ2) is 9.62. The molecule has 0 fully saturated rings. The van der Waals surface area contributed by atoms with Crippen LogP contribution in [0.25, 0.3) is 0 Å². The Labute approximate surface area is 190 Å². The van der Waals surface area contributed by atoms with Crippen LogP contribution in [0.1, 0.15) is 37.7 Å². The van der Waals surface area contributed by atoms with Crippen molar-refractivity contribution in [1.82, 2.24) is 14.9 Å². The van der Waals surface area contributed by atoms with Crippen LogP contribution in [0.5, 0.6) is 5.75 Å². The normalized spacial score (nSPS) is 17.5. The molecule has 2 heterocycles. The van der Waals surface area contributed by atoms with Gasteiger partial charge in [-0.1, -0.05) is 48.5 Å². The quantitative estimate of drug-likeness (QED) is 0.536. The maximum Gasteiger partial charge on any atom is 0.240 e. The van der Waals surface area contributed by atoms with E-state index in [0.717, 1.165) is 30.0 Å². The number of carbonyl (C=O) groups is 1. The fourth-order valence-corrected chi connectivity index (χ4v) is 4.74. The Bertz CT molecular complexity index is 1060. The number of halogens is 1. The second-order valence-corrected chi connectivity index (χ2v) is 8.68. The van der Waals surface area contributed by atoms with Crippen LogP contribution in [-0.2, 0) is 11.2 Å². The molecule has 2 N–H and O–H groups in total. The summed E-state index contributed by atoms with van der Waals surface area (Å²) in [6.07, 6.45) is 1.76. The zero-order valence-electron chi connectivity index (χ0n) is 17.3. The number of carbonyl (C=O) groups excluding carboxylic acids is 1. The number of rotatable bonds is 7. The lowest BCUT2D eigenvalue weighted by molar-refractivity contribution is -0.116. The van der Waals surface area contributed by atoms with Gasteiger partial charge in [-0.05, 0) is 49.2 Å². The Morgan fingerprint density at radius 1 is 1.23 bits per heavy atom. The third-order valence-corrected chi connectivity index (χ3v) is 6.33. The monoisotopic (exact) mass is 457 g/mol. The number of aryl methyl sites for hydroxylation is 1. The number of aromatic nitrogens is 3. The van der Waals surface area contributed by atoms with Gasteiger partial charge in [-0.2, -0.15) is 0 Å². The molecule has 0 radical (unpaired) electrons. The molecule has 2 aromatic carbocycles. The van der Waals surface area contributed by atoms with Crippen LogP contribution < -0.4 is 15.5 Å². The van der Waals surface area contributed by atoms with Crippen molar-refractivity contribution in [2.45, 2.75) is 43.1 Å². The number of fused-ring (bicyclic) bond motifs is 1. The molecule has 0 aliphatic carbocycles. The lowest BCUT2D eigenvalue weighted by Crippen LogP contribution is -2.41. The molecule has 1 aliphatic rings. The zero-order chi connectivity index (χ0) is 21.8. The highest BCUT2D eigenvalue weighted by atomic mass is 35.5. The van der Waals surface area contributed by atoms with E-state index >= 15 is 0 Å². The molecule has 0 bridgehead atoms. The van der Waals surface area contributed by atoms with Crippen LogP contribution in [0, 0.1) is 0 Å². The molecular formula is C22H24ClN5O2S. The van der Waals surface area contributed by atoms with Gasteiger partial charge in [0, 0.05) is 17.1 Å². The van der Waals surface area contributed by atoms with Crippen molar-refractivity contribution >= 4 is 35.0 Å². The topological polar surface area (TPSA) is 81.1 Å². The molecule has 0 saturated heterocycles. The Hall–Kier alpha value is -2.71. The van der Waals surface area contributed by atoms with Crippen molar-refractivity contribution in [3.8, 4) is 5.75 Å². The fraction of sp³-hybridized carbons (Fsp3) is 0.318. The summed E-state index contributed by atoms with van der Waals surface area (Å²) < 4.78 is 7.47. The van der Waals surface area contributed by atoms with Crippen LogP contribution in [0.3, 0.4) is 0 Å². The molecular weight excluding hydrogens is 434 g/mol. The molecule has 1 aromatic heterocycles. The first-order valence-electron chi connectivity index (χ1n) is 10.3. The van der Waals surface area contributed by atoms with Crippen molar-refractivity contribution in [2.24, 2.45) is 0 Å². The minimum Gasteiger partial charge on any atom is -0.494 e. The molecule has 3 aromatic rings. The first-order chi connectivity index (χ1) is 15.1. The van der Waals surface area contributed by atoms with Gasteiger partial charge in [-0.25, -0.2) is 4.68 Å². The number of hydrogen-bond acceptors (Lipinski definition) is 6.